The fourth-order valence-corrected chi connectivity index (χ4v) is 3.51. The summed E-state index contributed by atoms with van der Waals surface area (Å²) >= 11 is 1.36. The maximum absolute atomic E-state index is 12.6. The van der Waals surface area contributed by atoms with E-state index in [1.54, 1.807) is 24.1 Å². The molecule has 2 aromatic heterocycles. The molecule has 28 heavy (non-hydrogen) atoms. The largest absolute Gasteiger partial charge is 0.497 e. The number of hydrogen-bond acceptors (Lipinski definition) is 6. The Balaban J connectivity index is 1.72. The summed E-state index contributed by atoms with van der Waals surface area (Å²) < 4.78 is 8.93. The van der Waals surface area contributed by atoms with Crippen LogP contribution >= 0.6 is 11.8 Å². The zero-order valence-corrected chi connectivity index (χ0v) is 17.4. The van der Waals surface area contributed by atoms with Crippen molar-refractivity contribution >= 4 is 23.5 Å². The van der Waals surface area contributed by atoms with Gasteiger partial charge in [0.05, 0.1) is 18.6 Å². The molecule has 0 saturated carbocycles. The first-order valence-electron chi connectivity index (χ1n) is 8.95. The van der Waals surface area contributed by atoms with E-state index in [1.807, 2.05) is 56.7 Å². The van der Waals surface area contributed by atoms with E-state index in [9.17, 15) is 4.79 Å². The summed E-state index contributed by atoms with van der Waals surface area (Å²) in [5.41, 5.74) is 0.902. The molecule has 3 rings (SSSR count). The van der Waals surface area contributed by atoms with Crippen LogP contribution < -0.4 is 10.1 Å². The highest BCUT2D eigenvalue weighted by Crippen LogP contribution is 2.28. The van der Waals surface area contributed by atoms with Gasteiger partial charge >= 0.3 is 0 Å². The highest BCUT2D eigenvalue weighted by Gasteiger charge is 2.21. The first-order chi connectivity index (χ1) is 13.4. The van der Waals surface area contributed by atoms with Crippen molar-refractivity contribution in [2.45, 2.75) is 37.2 Å². The van der Waals surface area contributed by atoms with E-state index in [2.05, 4.69) is 20.6 Å². The molecule has 1 atom stereocenters. The highest BCUT2D eigenvalue weighted by atomic mass is 32.2. The molecule has 0 aliphatic rings. The summed E-state index contributed by atoms with van der Waals surface area (Å²) in [6.07, 6.45) is 1.68. The number of aromatic nitrogens is 5. The molecule has 0 spiro atoms. The van der Waals surface area contributed by atoms with Crippen LogP contribution in [0.4, 0.5) is 5.82 Å². The molecule has 0 bridgehead atoms. The van der Waals surface area contributed by atoms with E-state index in [-0.39, 0.29) is 17.2 Å². The molecule has 148 valence electrons. The van der Waals surface area contributed by atoms with Gasteiger partial charge in [-0.25, -0.2) is 4.68 Å². The lowest BCUT2D eigenvalue weighted by Gasteiger charge is -2.14. The van der Waals surface area contributed by atoms with Crippen molar-refractivity contribution in [2.24, 2.45) is 7.05 Å². The summed E-state index contributed by atoms with van der Waals surface area (Å²) in [4.78, 5) is 12.6. The van der Waals surface area contributed by atoms with Crippen molar-refractivity contribution < 1.29 is 9.53 Å². The van der Waals surface area contributed by atoms with Gasteiger partial charge in [0.2, 0.25) is 5.91 Å². The lowest BCUT2D eigenvalue weighted by atomic mass is 10.2. The van der Waals surface area contributed by atoms with Crippen LogP contribution in [-0.4, -0.2) is 42.8 Å². The molecule has 8 nitrogen and oxygen atoms in total. The van der Waals surface area contributed by atoms with Gasteiger partial charge in [0, 0.05) is 24.7 Å². The second-order valence-corrected chi connectivity index (χ2v) is 7.91. The number of carbonyl (C=O) groups excluding carboxylic acids is 1. The Morgan fingerprint density at radius 1 is 1.21 bits per heavy atom. The van der Waals surface area contributed by atoms with Crippen LogP contribution in [0.2, 0.25) is 0 Å². The van der Waals surface area contributed by atoms with E-state index in [0.29, 0.717) is 16.8 Å². The van der Waals surface area contributed by atoms with Crippen LogP contribution in [0.1, 0.15) is 26.8 Å². The molecule has 0 saturated heterocycles. The van der Waals surface area contributed by atoms with Gasteiger partial charge in [0.25, 0.3) is 0 Å². The predicted octanol–water partition coefficient (Wildman–Crippen LogP) is 3.39. The first-order valence-corrected chi connectivity index (χ1v) is 9.83. The molecule has 0 radical (unpaired) electrons. The molecule has 0 aliphatic heterocycles. The molecule has 0 unspecified atom stereocenters. The van der Waals surface area contributed by atoms with Crippen molar-refractivity contribution in [1.82, 2.24) is 24.5 Å². The summed E-state index contributed by atoms with van der Waals surface area (Å²) in [5.74, 6) is 2.04. The number of thioether (sulfide) groups is 1. The normalized spacial score (nSPS) is 12.2. The second kappa shape index (κ2) is 8.47. The first kappa shape index (κ1) is 19.9. The van der Waals surface area contributed by atoms with Crippen LogP contribution in [0.3, 0.4) is 0 Å². The molecule has 0 fully saturated rings. The monoisotopic (exact) mass is 400 g/mol. The van der Waals surface area contributed by atoms with Crippen molar-refractivity contribution in [3.8, 4) is 17.1 Å². The molecular formula is C19H24N6O2S. The topological polar surface area (TPSA) is 86.9 Å². The summed E-state index contributed by atoms with van der Waals surface area (Å²) in [7, 11) is 3.51. The number of amides is 1. The molecule has 0 aliphatic carbocycles. The highest BCUT2D eigenvalue weighted by molar-refractivity contribution is 8.00. The average molecular weight is 401 g/mol. The SMILES string of the molecule is COc1cccc(-c2nnc(S[C@@H](C)C(=O)Nc3ccnn3C(C)C)n2C)c1. The van der Waals surface area contributed by atoms with Gasteiger partial charge in [-0.05, 0) is 32.9 Å². The summed E-state index contributed by atoms with van der Waals surface area (Å²) in [6.45, 7) is 5.87. The van der Waals surface area contributed by atoms with Gasteiger partial charge < -0.3 is 14.6 Å². The van der Waals surface area contributed by atoms with Crippen LogP contribution in [0, 0.1) is 0 Å². The second-order valence-electron chi connectivity index (χ2n) is 6.60. The number of anilines is 1. The smallest absolute Gasteiger partial charge is 0.238 e. The van der Waals surface area contributed by atoms with Gasteiger partial charge in [-0.15, -0.1) is 10.2 Å². The van der Waals surface area contributed by atoms with E-state index in [1.165, 1.54) is 11.8 Å². The minimum absolute atomic E-state index is 0.113. The standard InChI is InChI=1S/C19H24N6O2S/c1-12(2)25-16(9-10-20-25)21-18(26)13(3)28-19-23-22-17(24(19)4)14-7-6-8-15(11-14)27-5/h6-13H,1-5H3,(H,21,26)/t13-/m0/s1. The van der Waals surface area contributed by atoms with E-state index in [0.717, 1.165) is 11.3 Å². The zero-order chi connectivity index (χ0) is 20.3. The molecule has 1 aromatic carbocycles. The van der Waals surface area contributed by atoms with E-state index >= 15 is 0 Å². The fraction of sp³-hybridized carbons (Fsp3) is 0.368. The number of rotatable bonds is 7. The van der Waals surface area contributed by atoms with Gasteiger partial charge in [0.15, 0.2) is 11.0 Å². The molecule has 9 heteroatoms. The van der Waals surface area contributed by atoms with Crippen LogP contribution in [-0.2, 0) is 11.8 Å². The lowest BCUT2D eigenvalue weighted by Crippen LogP contribution is -2.25. The fourth-order valence-electron chi connectivity index (χ4n) is 2.70. The number of hydrogen-bond donors (Lipinski definition) is 1. The minimum atomic E-state index is -0.350. The third-order valence-corrected chi connectivity index (χ3v) is 5.36. The summed E-state index contributed by atoms with van der Waals surface area (Å²) in [6, 6.07) is 9.59. The summed E-state index contributed by atoms with van der Waals surface area (Å²) in [5, 5.41) is 16.0. The maximum Gasteiger partial charge on any atom is 0.238 e. The Morgan fingerprint density at radius 3 is 2.71 bits per heavy atom. The number of nitrogens with zero attached hydrogens (tertiary/aromatic N) is 5. The van der Waals surface area contributed by atoms with Gasteiger partial charge in [0.1, 0.15) is 11.6 Å². The third kappa shape index (κ3) is 4.19. The van der Waals surface area contributed by atoms with Gasteiger partial charge in [-0.3, -0.25) is 4.79 Å². The van der Waals surface area contributed by atoms with E-state index < -0.39 is 0 Å². The predicted molar refractivity (Wildman–Crippen MR) is 110 cm³/mol. The Labute approximate surface area is 168 Å². The lowest BCUT2D eigenvalue weighted by molar-refractivity contribution is -0.115. The molecule has 1 N–H and O–H groups in total. The Bertz CT molecular complexity index is 965. The number of ether oxygens (including phenoxy) is 1. The maximum atomic E-state index is 12.6. The van der Waals surface area contributed by atoms with Crippen LogP contribution in [0.5, 0.6) is 5.75 Å². The van der Waals surface area contributed by atoms with Crippen molar-refractivity contribution in [3.05, 3.63) is 36.5 Å². The van der Waals surface area contributed by atoms with Crippen molar-refractivity contribution in [2.75, 3.05) is 12.4 Å². The molecular weight excluding hydrogens is 376 g/mol. The average Bonchev–Trinajstić information content (AvgIpc) is 3.29. The Kier molecular flexibility index (Phi) is 6.03. The molecule has 1 amide bonds. The van der Waals surface area contributed by atoms with E-state index in [4.69, 9.17) is 4.74 Å². The number of benzene rings is 1. The van der Waals surface area contributed by atoms with Crippen molar-refractivity contribution in [3.63, 3.8) is 0 Å². The zero-order valence-electron chi connectivity index (χ0n) is 16.6. The molecule has 3 aromatic rings. The van der Waals surface area contributed by atoms with Gasteiger partial charge in [-0.2, -0.15) is 5.10 Å². The minimum Gasteiger partial charge on any atom is -0.497 e. The quantitative estimate of drug-likeness (QED) is 0.612. The number of methoxy groups -OCH3 is 1. The Morgan fingerprint density at radius 2 is 2.00 bits per heavy atom. The Hall–Kier alpha value is -2.81. The number of nitrogens with one attached hydrogen (secondary N) is 1. The van der Waals surface area contributed by atoms with Crippen molar-refractivity contribution in [1.29, 1.82) is 0 Å². The van der Waals surface area contributed by atoms with Crippen LogP contribution in [0.15, 0.2) is 41.7 Å². The molecule has 2 heterocycles. The number of carbonyl (C=O) groups is 1. The van der Waals surface area contributed by atoms with Crippen LogP contribution in [0.25, 0.3) is 11.4 Å². The third-order valence-electron chi connectivity index (χ3n) is 4.22. The van der Waals surface area contributed by atoms with Gasteiger partial charge in [-0.1, -0.05) is 23.9 Å².